The lowest BCUT2D eigenvalue weighted by Crippen LogP contribution is -2.40. The van der Waals surface area contributed by atoms with Gasteiger partial charge in [-0.2, -0.15) is 0 Å². The third-order valence-corrected chi connectivity index (χ3v) is 5.42. The van der Waals surface area contributed by atoms with Gasteiger partial charge in [0.15, 0.2) is 5.96 Å². The molecule has 23 heavy (non-hydrogen) atoms. The van der Waals surface area contributed by atoms with Crippen LogP contribution in [0.4, 0.5) is 0 Å². The van der Waals surface area contributed by atoms with Gasteiger partial charge in [0.2, 0.25) is 0 Å². The first kappa shape index (κ1) is 17.8. The van der Waals surface area contributed by atoms with Crippen LogP contribution in [0.5, 0.6) is 0 Å². The molecule has 1 saturated heterocycles. The topological polar surface area (TPSA) is 53.9 Å². The highest BCUT2D eigenvalue weighted by Gasteiger charge is 2.36. The van der Waals surface area contributed by atoms with Crippen LogP contribution in [0.25, 0.3) is 0 Å². The number of hydrogen-bond donors (Lipinski definition) is 1. The molecule has 1 N–H and O–H groups in total. The number of aryl methyl sites for hydroxylation is 1. The monoisotopic (exact) mass is 337 g/mol. The van der Waals surface area contributed by atoms with Gasteiger partial charge in [0.25, 0.3) is 0 Å². The number of carbonyl (C=O) groups excluding carboxylic acids is 1. The lowest BCUT2D eigenvalue weighted by molar-refractivity contribution is -0.145. The molecule has 0 saturated carbocycles. The number of likely N-dealkylation sites (tertiary alicyclic amines) is 1. The van der Waals surface area contributed by atoms with E-state index < -0.39 is 0 Å². The van der Waals surface area contributed by atoms with Gasteiger partial charge in [-0.3, -0.25) is 4.79 Å². The molecule has 1 aliphatic rings. The van der Waals surface area contributed by atoms with Gasteiger partial charge >= 0.3 is 5.97 Å². The van der Waals surface area contributed by atoms with E-state index in [9.17, 15) is 4.79 Å². The number of aliphatic imine (C=N–C) groups is 1. The normalized spacial score (nSPS) is 21.6. The molecule has 1 aromatic heterocycles. The van der Waals surface area contributed by atoms with Crippen molar-refractivity contribution in [3.8, 4) is 0 Å². The average Bonchev–Trinajstić information content (AvgIpc) is 3.17. The molecule has 1 aliphatic heterocycles. The van der Waals surface area contributed by atoms with E-state index >= 15 is 0 Å². The van der Waals surface area contributed by atoms with Gasteiger partial charge in [0.1, 0.15) is 0 Å². The van der Waals surface area contributed by atoms with E-state index in [-0.39, 0.29) is 17.8 Å². The molecule has 2 heterocycles. The number of methoxy groups -OCH3 is 1. The number of carbonyl (C=O) groups is 1. The molecule has 0 spiro atoms. The van der Waals surface area contributed by atoms with Crippen LogP contribution in [-0.2, 0) is 22.5 Å². The average molecular weight is 337 g/mol. The fourth-order valence-electron chi connectivity index (χ4n) is 2.87. The molecule has 2 unspecified atom stereocenters. The van der Waals surface area contributed by atoms with E-state index in [0.29, 0.717) is 13.1 Å². The molecule has 0 amide bonds. The second-order valence-electron chi connectivity index (χ2n) is 5.90. The zero-order valence-electron chi connectivity index (χ0n) is 14.5. The molecule has 0 aromatic carbocycles. The van der Waals surface area contributed by atoms with Crippen molar-refractivity contribution in [2.45, 2.75) is 33.7 Å². The van der Waals surface area contributed by atoms with Crippen LogP contribution in [0.1, 0.15) is 30.5 Å². The van der Waals surface area contributed by atoms with Gasteiger partial charge in [-0.1, -0.05) is 13.8 Å². The highest BCUT2D eigenvalue weighted by Crippen LogP contribution is 2.24. The molecule has 1 aromatic rings. The molecule has 0 aliphatic carbocycles. The molecule has 1 fully saturated rings. The minimum absolute atomic E-state index is 0.0720. The zero-order valence-corrected chi connectivity index (χ0v) is 15.3. The maximum absolute atomic E-state index is 11.9. The van der Waals surface area contributed by atoms with Crippen molar-refractivity contribution in [1.29, 1.82) is 0 Å². The van der Waals surface area contributed by atoms with Crippen LogP contribution >= 0.6 is 11.3 Å². The molecular weight excluding hydrogens is 310 g/mol. The van der Waals surface area contributed by atoms with E-state index in [4.69, 9.17) is 9.73 Å². The third kappa shape index (κ3) is 4.47. The Morgan fingerprint density at radius 2 is 2.13 bits per heavy atom. The van der Waals surface area contributed by atoms with Crippen LogP contribution in [0.3, 0.4) is 0 Å². The summed E-state index contributed by atoms with van der Waals surface area (Å²) in [4.78, 5) is 21.4. The maximum Gasteiger partial charge on any atom is 0.310 e. The summed E-state index contributed by atoms with van der Waals surface area (Å²) < 4.78 is 4.91. The number of esters is 1. The zero-order chi connectivity index (χ0) is 16.8. The van der Waals surface area contributed by atoms with Gasteiger partial charge in [-0.25, -0.2) is 4.99 Å². The van der Waals surface area contributed by atoms with Crippen molar-refractivity contribution in [2.24, 2.45) is 16.8 Å². The molecule has 5 nitrogen and oxygen atoms in total. The van der Waals surface area contributed by atoms with Gasteiger partial charge in [0, 0.05) is 29.4 Å². The van der Waals surface area contributed by atoms with Crippen LogP contribution < -0.4 is 5.32 Å². The maximum atomic E-state index is 11.9. The highest BCUT2D eigenvalue weighted by atomic mass is 32.1. The van der Waals surface area contributed by atoms with E-state index in [0.717, 1.165) is 25.5 Å². The summed E-state index contributed by atoms with van der Waals surface area (Å²) in [6.07, 6.45) is 1.07. The molecule has 6 heteroatoms. The number of hydrogen-bond acceptors (Lipinski definition) is 4. The molecule has 2 atom stereocenters. The minimum atomic E-state index is -0.123. The van der Waals surface area contributed by atoms with Gasteiger partial charge in [-0.05, 0) is 31.4 Å². The van der Waals surface area contributed by atoms with E-state index in [1.165, 1.54) is 16.9 Å². The fourth-order valence-corrected chi connectivity index (χ4v) is 3.76. The van der Waals surface area contributed by atoms with Gasteiger partial charge < -0.3 is 15.0 Å². The van der Waals surface area contributed by atoms with Gasteiger partial charge in [0.05, 0.1) is 19.6 Å². The predicted molar refractivity (Wildman–Crippen MR) is 94.8 cm³/mol. The smallest absolute Gasteiger partial charge is 0.310 e. The molecule has 0 radical (unpaired) electrons. The summed E-state index contributed by atoms with van der Waals surface area (Å²) in [6, 6.07) is 4.33. The summed E-state index contributed by atoms with van der Waals surface area (Å²) in [5.74, 6) is 0.968. The number of guanidine groups is 1. The van der Waals surface area contributed by atoms with Crippen molar-refractivity contribution in [3.05, 3.63) is 21.9 Å². The van der Waals surface area contributed by atoms with Crippen molar-refractivity contribution in [2.75, 3.05) is 26.7 Å². The number of ether oxygens (including phenoxy) is 1. The minimum Gasteiger partial charge on any atom is -0.469 e. The molecular formula is C17H27N3O2S. The number of nitrogens with one attached hydrogen (secondary N) is 1. The first-order chi connectivity index (χ1) is 11.1. The second kappa shape index (κ2) is 8.34. The van der Waals surface area contributed by atoms with E-state index in [1.54, 1.807) is 0 Å². The van der Waals surface area contributed by atoms with E-state index in [1.807, 2.05) is 11.3 Å². The summed E-state index contributed by atoms with van der Waals surface area (Å²) in [6.45, 7) is 9.32. The summed E-state index contributed by atoms with van der Waals surface area (Å²) in [5.41, 5.74) is 0. The van der Waals surface area contributed by atoms with Crippen molar-refractivity contribution in [3.63, 3.8) is 0 Å². The van der Waals surface area contributed by atoms with E-state index in [2.05, 4.69) is 43.1 Å². The Balaban J connectivity index is 2.05. The van der Waals surface area contributed by atoms with Crippen LogP contribution in [0.15, 0.2) is 17.1 Å². The van der Waals surface area contributed by atoms with Gasteiger partial charge in [-0.15, -0.1) is 11.3 Å². The predicted octanol–water partition coefficient (Wildman–Crippen LogP) is 2.52. The first-order valence-corrected chi connectivity index (χ1v) is 9.09. The fraction of sp³-hybridized carbons (Fsp3) is 0.647. The Morgan fingerprint density at radius 1 is 1.39 bits per heavy atom. The van der Waals surface area contributed by atoms with Crippen LogP contribution in [0, 0.1) is 11.8 Å². The largest absolute Gasteiger partial charge is 0.469 e. The Bertz CT molecular complexity index is 556. The van der Waals surface area contributed by atoms with Crippen LogP contribution in [-0.4, -0.2) is 43.6 Å². The number of rotatable bonds is 5. The second-order valence-corrected chi connectivity index (χ2v) is 7.16. The molecule has 0 bridgehead atoms. The summed E-state index contributed by atoms with van der Waals surface area (Å²) in [5, 5.41) is 3.34. The Hall–Kier alpha value is -1.56. The lowest BCUT2D eigenvalue weighted by Gasteiger charge is -2.21. The van der Waals surface area contributed by atoms with Crippen molar-refractivity contribution < 1.29 is 9.53 Å². The standard InChI is InChI=1S/C17H27N3O2S/c1-5-13-7-8-14(23-13)9-19-17(18-6-2)20-10-12(3)15(11-20)16(21)22-4/h7-8,12,15H,5-6,9-11H2,1-4H3,(H,18,19). The van der Waals surface area contributed by atoms with Crippen molar-refractivity contribution in [1.82, 2.24) is 10.2 Å². The first-order valence-electron chi connectivity index (χ1n) is 8.27. The van der Waals surface area contributed by atoms with Crippen LogP contribution in [0.2, 0.25) is 0 Å². The SMILES string of the molecule is CCNC(=NCc1ccc(CC)s1)N1CC(C)C(C(=O)OC)C1. The summed E-state index contributed by atoms with van der Waals surface area (Å²) >= 11 is 1.82. The molecule has 128 valence electrons. The number of nitrogens with zero attached hydrogens (tertiary/aromatic N) is 2. The Kier molecular flexibility index (Phi) is 6.45. The lowest BCUT2D eigenvalue weighted by atomic mass is 9.99. The van der Waals surface area contributed by atoms with Crippen molar-refractivity contribution >= 4 is 23.3 Å². The Labute approximate surface area is 142 Å². The quantitative estimate of drug-likeness (QED) is 0.510. The summed E-state index contributed by atoms with van der Waals surface area (Å²) in [7, 11) is 1.46. The Morgan fingerprint density at radius 3 is 2.74 bits per heavy atom. The third-order valence-electron chi connectivity index (χ3n) is 4.20. The number of thiophene rings is 1. The highest BCUT2D eigenvalue weighted by molar-refractivity contribution is 7.11. The molecule has 2 rings (SSSR count).